The maximum atomic E-state index is 13.0. The van der Waals surface area contributed by atoms with E-state index >= 15 is 0 Å². The summed E-state index contributed by atoms with van der Waals surface area (Å²) >= 11 is 24.5. The van der Waals surface area contributed by atoms with Gasteiger partial charge in [-0.15, -0.1) is 0 Å². The van der Waals surface area contributed by atoms with Crippen LogP contribution in [0.2, 0.25) is 20.1 Å². The van der Waals surface area contributed by atoms with Crippen LogP contribution in [-0.2, 0) is 14.9 Å². The van der Waals surface area contributed by atoms with Gasteiger partial charge in [0, 0.05) is 27.2 Å². The fraction of sp³-hybridized carbons (Fsp3) is 0.0526. The summed E-state index contributed by atoms with van der Waals surface area (Å²) in [6.07, 6.45) is 0. The third-order valence-corrected chi connectivity index (χ3v) is 7.11. The predicted octanol–water partition coefficient (Wildman–Crippen LogP) is 5.89. The minimum atomic E-state index is -5.09. The largest absolute Gasteiger partial charge is 0.506 e. The van der Waals surface area contributed by atoms with Gasteiger partial charge in [-0.05, 0) is 29.8 Å². The molecular formula is C19H12Cl4O5S. The molecule has 0 amide bonds. The van der Waals surface area contributed by atoms with E-state index in [0.717, 1.165) is 6.07 Å². The Kier molecular flexibility index (Phi) is 5.98. The van der Waals surface area contributed by atoms with Crippen LogP contribution in [0.4, 0.5) is 0 Å². The van der Waals surface area contributed by atoms with Gasteiger partial charge in [0.05, 0.1) is 10.0 Å². The van der Waals surface area contributed by atoms with Gasteiger partial charge in [0.1, 0.15) is 11.5 Å². The zero-order valence-corrected chi connectivity index (χ0v) is 18.1. The zero-order valence-electron chi connectivity index (χ0n) is 14.3. The Balaban J connectivity index is 2.63. The minimum Gasteiger partial charge on any atom is -0.506 e. The highest BCUT2D eigenvalue weighted by Gasteiger charge is 2.51. The van der Waals surface area contributed by atoms with E-state index in [0.29, 0.717) is 5.02 Å². The van der Waals surface area contributed by atoms with E-state index in [4.69, 9.17) is 46.4 Å². The Morgan fingerprint density at radius 1 is 0.724 bits per heavy atom. The summed E-state index contributed by atoms with van der Waals surface area (Å²) in [7, 11) is -5.09. The molecule has 1 unspecified atom stereocenters. The van der Waals surface area contributed by atoms with E-state index in [1.807, 2.05) is 0 Å². The molecule has 0 aromatic heterocycles. The van der Waals surface area contributed by atoms with Gasteiger partial charge in [-0.1, -0.05) is 70.7 Å². The van der Waals surface area contributed by atoms with Crippen LogP contribution >= 0.6 is 46.4 Å². The molecule has 3 N–H and O–H groups in total. The number of aromatic hydroxyl groups is 2. The molecule has 0 spiro atoms. The molecule has 1 atom stereocenters. The molecular weight excluding hydrogens is 482 g/mol. The first kappa shape index (κ1) is 22.0. The number of rotatable bonds is 4. The van der Waals surface area contributed by atoms with Gasteiger partial charge < -0.3 is 10.2 Å². The third kappa shape index (κ3) is 3.65. The smallest absolute Gasteiger partial charge is 0.283 e. The van der Waals surface area contributed by atoms with Crippen molar-refractivity contribution in [2.75, 3.05) is 0 Å². The summed E-state index contributed by atoms with van der Waals surface area (Å²) in [5, 5.41) is 19.8. The average Bonchev–Trinajstić information content (AvgIpc) is 2.63. The number of hydrogen-bond acceptors (Lipinski definition) is 4. The van der Waals surface area contributed by atoms with Crippen LogP contribution < -0.4 is 0 Å². The molecule has 0 radical (unpaired) electrons. The molecule has 0 aliphatic carbocycles. The first-order valence-electron chi connectivity index (χ1n) is 7.89. The second-order valence-corrected chi connectivity index (χ2v) is 9.28. The topological polar surface area (TPSA) is 94.8 Å². The van der Waals surface area contributed by atoms with Crippen molar-refractivity contribution in [2.45, 2.75) is 4.75 Å². The lowest BCUT2D eigenvalue weighted by Crippen LogP contribution is -2.39. The Labute approximate surface area is 186 Å². The van der Waals surface area contributed by atoms with Gasteiger partial charge in [-0.25, -0.2) is 0 Å². The van der Waals surface area contributed by atoms with E-state index < -0.39 is 26.4 Å². The molecule has 0 heterocycles. The highest BCUT2D eigenvalue weighted by atomic mass is 35.5. The van der Waals surface area contributed by atoms with Gasteiger partial charge >= 0.3 is 0 Å². The SMILES string of the molecule is O=S(=O)(O)C(c1ccc(Cl)cc1)(c1cccc(O)c1Cl)c1cc(Cl)cc(O)c1Cl. The van der Waals surface area contributed by atoms with Gasteiger partial charge in [0.15, 0.2) is 4.75 Å². The van der Waals surface area contributed by atoms with Crippen molar-refractivity contribution >= 4 is 56.5 Å². The van der Waals surface area contributed by atoms with Crippen LogP contribution in [0.3, 0.4) is 0 Å². The highest BCUT2D eigenvalue weighted by Crippen LogP contribution is 2.52. The number of phenolic OH excluding ortho intramolecular Hbond substituents is 2. The quantitative estimate of drug-likeness (QED) is 0.311. The van der Waals surface area contributed by atoms with Crippen LogP contribution in [0, 0.1) is 0 Å². The molecule has 0 fully saturated rings. The van der Waals surface area contributed by atoms with Crippen molar-refractivity contribution in [3.05, 3.63) is 91.4 Å². The number of phenols is 2. The van der Waals surface area contributed by atoms with Gasteiger partial charge in [0.2, 0.25) is 0 Å². The maximum Gasteiger partial charge on any atom is 0.283 e. The molecule has 0 aliphatic rings. The van der Waals surface area contributed by atoms with Crippen molar-refractivity contribution in [2.24, 2.45) is 0 Å². The van der Waals surface area contributed by atoms with E-state index in [1.54, 1.807) is 0 Å². The molecule has 5 nitrogen and oxygen atoms in total. The minimum absolute atomic E-state index is 0.000432. The van der Waals surface area contributed by atoms with Crippen LogP contribution in [0.1, 0.15) is 16.7 Å². The molecule has 29 heavy (non-hydrogen) atoms. The van der Waals surface area contributed by atoms with Crippen molar-refractivity contribution in [1.29, 1.82) is 0 Å². The number of halogens is 4. The molecule has 0 saturated carbocycles. The normalized spacial score (nSPS) is 13.8. The molecule has 152 valence electrons. The van der Waals surface area contributed by atoms with E-state index in [1.165, 1.54) is 48.5 Å². The molecule has 0 aliphatic heterocycles. The lowest BCUT2D eigenvalue weighted by molar-refractivity contribution is 0.455. The molecule has 3 aromatic rings. The lowest BCUT2D eigenvalue weighted by atomic mass is 9.83. The first-order valence-corrected chi connectivity index (χ1v) is 10.8. The van der Waals surface area contributed by atoms with Crippen LogP contribution in [0.25, 0.3) is 0 Å². The molecule has 3 rings (SSSR count). The Morgan fingerprint density at radius 2 is 1.31 bits per heavy atom. The van der Waals surface area contributed by atoms with Crippen LogP contribution in [-0.4, -0.2) is 23.2 Å². The Hall–Kier alpha value is -1.67. The third-order valence-electron chi connectivity index (χ3n) is 4.39. The van der Waals surface area contributed by atoms with Crippen LogP contribution in [0.15, 0.2) is 54.6 Å². The number of hydrogen-bond donors (Lipinski definition) is 3. The van der Waals surface area contributed by atoms with E-state index in [-0.39, 0.29) is 31.8 Å². The van der Waals surface area contributed by atoms with Gasteiger partial charge in [-0.2, -0.15) is 8.42 Å². The monoisotopic (exact) mass is 492 g/mol. The van der Waals surface area contributed by atoms with Gasteiger partial charge in [-0.3, -0.25) is 4.55 Å². The fourth-order valence-corrected chi connectivity index (χ4v) is 5.48. The van der Waals surface area contributed by atoms with Crippen molar-refractivity contribution in [3.63, 3.8) is 0 Å². The van der Waals surface area contributed by atoms with Gasteiger partial charge in [0.25, 0.3) is 10.1 Å². The second kappa shape index (κ2) is 7.87. The maximum absolute atomic E-state index is 13.0. The molecule has 0 saturated heterocycles. The zero-order chi connectivity index (χ0) is 21.6. The van der Waals surface area contributed by atoms with Crippen molar-refractivity contribution in [3.8, 4) is 11.5 Å². The summed E-state index contributed by atoms with van der Waals surface area (Å²) in [5.41, 5.74) is -0.463. The highest BCUT2D eigenvalue weighted by molar-refractivity contribution is 7.87. The summed E-state index contributed by atoms with van der Waals surface area (Å²) in [5.74, 6) is -0.930. The number of benzene rings is 3. The lowest BCUT2D eigenvalue weighted by Gasteiger charge is -2.34. The Morgan fingerprint density at radius 3 is 1.90 bits per heavy atom. The Bertz CT molecular complexity index is 1200. The van der Waals surface area contributed by atoms with Crippen molar-refractivity contribution in [1.82, 2.24) is 0 Å². The van der Waals surface area contributed by atoms with Crippen molar-refractivity contribution < 1.29 is 23.2 Å². The van der Waals surface area contributed by atoms with E-state index in [9.17, 15) is 23.2 Å². The standard InChI is InChI=1S/C19H12Cl4O5S/c20-11-6-4-10(5-7-11)19(29(26,27)28,13-2-1-3-15(24)17(13)22)14-8-12(21)9-16(25)18(14)23/h1-9,24-25H,(H,26,27,28). The summed E-state index contributed by atoms with van der Waals surface area (Å²) < 4.78 is 34.0. The predicted molar refractivity (Wildman–Crippen MR) is 114 cm³/mol. The summed E-state index contributed by atoms with van der Waals surface area (Å²) in [6.45, 7) is 0. The molecule has 0 bridgehead atoms. The molecule has 10 heteroatoms. The average molecular weight is 494 g/mol. The summed E-state index contributed by atoms with van der Waals surface area (Å²) in [4.78, 5) is 0. The fourth-order valence-electron chi connectivity index (χ4n) is 3.19. The second-order valence-electron chi connectivity index (χ2n) is 6.09. The molecule has 3 aromatic carbocycles. The van der Waals surface area contributed by atoms with E-state index in [2.05, 4.69) is 0 Å². The summed E-state index contributed by atoms with van der Waals surface area (Å²) in [6, 6.07) is 11.7. The first-order chi connectivity index (χ1) is 13.5. The van der Waals surface area contributed by atoms with Crippen LogP contribution in [0.5, 0.6) is 11.5 Å².